The van der Waals surface area contributed by atoms with E-state index in [0.717, 1.165) is 32.3 Å². The van der Waals surface area contributed by atoms with Crippen molar-refractivity contribution in [1.29, 1.82) is 0 Å². The van der Waals surface area contributed by atoms with Crippen LogP contribution in [-0.2, 0) is 4.74 Å². The maximum atomic E-state index is 5.31. The zero-order chi connectivity index (χ0) is 11.6. The predicted molar refractivity (Wildman–Crippen MR) is 65.8 cm³/mol. The molecule has 1 fully saturated rings. The standard InChI is InChI=1S/C7H9N4O.3CH3.Sn/c1-2-9-10-7(8-1)11-3-5-12-6-4-11;;;;/h2H,3-6H2;3*1H3;. The summed E-state index contributed by atoms with van der Waals surface area (Å²) >= 11 is -2.12. The molecule has 1 aromatic heterocycles. The van der Waals surface area contributed by atoms with Gasteiger partial charge >= 0.3 is 100 Å². The molecule has 2 heterocycles. The van der Waals surface area contributed by atoms with Crippen LogP contribution in [0.5, 0.6) is 0 Å². The molecule has 0 aromatic carbocycles. The number of morpholine rings is 1. The third-order valence-corrected chi connectivity index (χ3v) is 7.68. The van der Waals surface area contributed by atoms with Crippen molar-refractivity contribution in [3.63, 3.8) is 0 Å². The van der Waals surface area contributed by atoms with Gasteiger partial charge in [-0.05, 0) is 0 Å². The average Bonchev–Trinajstić information content (AvgIpc) is 2.29. The molecule has 1 aliphatic heterocycles. The normalized spacial score (nSPS) is 17.6. The fraction of sp³-hybridized carbons (Fsp3) is 0.700. The van der Waals surface area contributed by atoms with Crippen LogP contribution in [0.25, 0.3) is 0 Å². The molecule has 0 radical (unpaired) electrons. The number of aromatic nitrogens is 3. The quantitative estimate of drug-likeness (QED) is 0.729. The molecular formula is C10H18N4OSn. The first kappa shape index (κ1) is 12.0. The Kier molecular flexibility index (Phi) is 3.63. The molecule has 1 saturated heterocycles. The summed E-state index contributed by atoms with van der Waals surface area (Å²) in [5.41, 5.74) is 0. The van der Waals surface area contributed by atoms with Crippen LogP contribution >= 0.6 is 0 Å². The summed E-state index contributed by atoms with van der Waals surface area (Å²) in [4.78, 5) is 13.8. The molecule has 6 heteroatoms. The van der Waals surface area contributed by atoms with Gasteiger partial charge in [0.1, 0.15) is 0 Å². The van der Waals surface area contributed by atoms with Crippen molar-refractivity contribution in [2.24, 2.45) is 0 Å². The van der Waals surface area contributed by atoms with Crippen LogP contribution in [0.15, 0.2) is 6.20 Å². The number of anilines is 1. The third kappa shape index (κ3) is 2.82. The fourth-order valence-electron chi connectivity index (χ4n) is 1.55. The molecule has 0 N–H and O–H groups in total. The molecule has 0 saturated carbocycles. The van der Waals surface area contributed by atoms with E-state index in [1.165, 1.54) is 3.71 Å². The Morgan fingerprint density at radius 1 is 1.25 bits per heavy atom. The van der Waals surface area contributed by atoms with Gasteiger partial charge in [-0.25, -0.2) is 0 Å². The molecule has 0 atom stereocenters. The van der Waals surface area contributed by atoms with Crippen molar-refractivity contribution in [2.75, 3.05) is 31.2 Å². The Labute approximate surface area is 100 Å². The first-order valence-corrected chi connectivity index (χ1v) is 15.6. The van der Waals surface area contributed by atoms with Gasteiger partial charge in [-0.15, -0.1) is 0 Å². The Morgan fingerprint density at radius 3 is 2.56 bits per heavy atom. The molecule has 0 spiro atoms. The second-order valence-corrected chi connectivity index (χ2v) is 19.3. The van der Waals surface area contributed by atoms with Crippen LogP contribution < -0.4 is 8.61 Å². The van der Waals surface area contributed by atoms with E-state index in [2.05, 4.69) is 34.9 Å². The SMILES string of the molecule is [CH3][Sn]([CH3])([CH3])[c]1cnnc(N2CCOCC2)n1. The first-order chi connectivity index (χ1) is 7.57. The van der Waals surface area contributed by atoms with Crippen LogP contribution in [0.1, 0.15) is 0 Å². The van der Waals surface area contributed by atoms with Crippen molar-refractivity contribution >= 4 is 28.0 Å². The van der Waals surface area contributed by atoms with Gasteiger partial charge in [-0.1, -0.05) is 0 Å². The Balaban J connectivity index is 2.21. The molecule has 1 aromatic rings. The molecule has 1 aliphatic rings. The molecule has 16 heavy (non-hydrogen) atoms. The number of hydrogen-bond donors (Lipinski definition) is 0. The minimum absolute atomic E-state index is 0.756. The maximum absolute atomic E-state index is 5.31. The van der Waals surface area contributed by atoms with Crippen molar-refractivity contribution in [2.45, 2.75) is 14.8 Å². The fourth-order valence-corrected chi connectivity index (χ4v) is 4.07. The van der Waals surface area contributed by atoms with E-state index in [-0.39, 0.29) is 0 Å². The number of rotatable bonds is 2. The molecule has 5 nitrogen and oxygen atoms in total. The zero-order valence-corrected chi connectivity index (χ0v) is 13.0. The van der Waals surface area contributed by atoms with E-state index in [0.29, 0.717) is 0 Å². The number of nitrogens with zero attached hydrogens (tertiary/aromatic N) is 4. The Bertz CT molecular complexity index is 360. The van der Waals surface area contributed by atoms with E-state index >= 15 is 0 Å². The summed E-state index contributed by atoms with van der Waals surface area (Å²) in [6.45, 7) is 3.24. The van der Waals surface area contributed by atoms with Gasteiger partial charge in [-0.3, -0.25) is 0 Å². The third-order valence-electron chi connectivity index (χ3n) is 2.61. The van der Waals surface area contributed by atoms with E-state index < -0.39 is 18.4 Å². The first-order valence-electron chi connectivity index (χ1n) is 5.60. The van der Waals surface area contributed by atoms with Crippen LogP contribution in [0, 0.1) is 0 Å². The summed E-state index contributed by atoms with van der Waals surface area (Å²) in [7, 11) is 0. The Hall–Kier alpha value is -0.431. The zero-order valence-electron chi connectivity index (χ0n) is 10.1. The summed E-state index contributed by atoms with van der Waals surface area (Å²) in [6.07, 6.45) is 1.83. The molecule has 0 amide bonds. The van der Waals surface area contributed by atoms with E-state index in [1.807, 2.05) is 6.20 Å². The monoisotopic (exact) mass is 330 g/mol. The molecule has 88 valence electrons. The van der Waals surface area contributed by atoms with Crippen LogP contribution in [0.2, 0.25) is 14.8 Å². The van der Waals surface area contributed by atoms with E-state index in [4.69, 9.17) is 4.74 Å². The van der Waals surface area contributed by atoms with Crippen LogP contribution in [0.3, 0.4) is 0 Å². The van der Waals surface area contributed by atoms with E-state index in [9.17, 15) is 0 Å². The van der Waals surface area contributed by atoms with Gasteiger partial charge < -0.3 is 0 Å². The summed E-state index contributed by atoms with van der Waals surface area (Å²) in [6, 6.07) is 0. The van der Waals surface area contributed by atoms with Crippen LogP contribution in [-0.4, -0.2) is 59.9 Å². The van der Waals surface area contributed by atoms with Gasteiger partial charge in [0, 0.05) is 0 Å². The van der Waals surface area contributed by atoms with Crippen molar-refractivity contribution < 1.29 is 4.74 Å². The molecular weight excluding hydrogens is 311 g/mol. The number of ether oxygens (including phenoxy) is 1. The van der Waals surface area contributed by atoms with E-state index in [1.54, 1.807) is 0 Å². The molecule has 0 aliphatic carbocycles. The minimum atomic E-state index is -2.12. The van der Waals surface area contributed by atoms with Gasteiger partial charge in [0.05, 0.1) is 0 Å². The summed E-state index contributed by atoms with van der Waals surface area (Å²) in [5.74, 6) is 0.771. The second kappa shape index (κ2) is 4.83. The van der Waals surface area contributed by atoms with Gasteiger partial charge in [0.15, 0.2) is 0 Å². The summed E-state index contributed by atoms with van der Waals surface area (Å²) in [5, 5.41) is 8.20. The predicted octanol–water partition coefficient (Wildman–Crippen LogP) is 0.253. The second-order valence-electron chi connectivity index (χ2n) is 4.99. The van der Waals surface area contributed by atoms with Crippen LogP contribution in [0.4, 0.5) is 5.95 Å². The molecule has 0 bridgehead atoms. The Morgan fingerprint density at radius 2 is 1.94 bits per heavy atom. The van der Waals surface area contributed by atoms with Gasteiger partial charge in [0.2, 0.25) is 0 Å². The van der Waals surface area contributed by atoms with Crippen molar-refractivity contribution in [3.8, 4) is 0 Å². The average molecular weight is 329 g/mol. The van der Waals surface area contributed by atoms with Crippen molar-refractivity contribution in [3.05, 3.63) is 6.20 Å². The molecule has 2 rings (SSSR count). The van der Waals surface area contributed by atoms with Crippen molar-refractivity contribution in [1.82, 2.24) is 15.2 Å². The number of hydrogen-bond acceptors (Lipinski definition) is 5. The summed E-state index contributed by atoms with van der Waals surface area (Å²) < 4.78 is 6.50. The van der Waals surface area contributed by atoms with Gasteiger partial charge in [0.25, 0.3) is 0 Å². The topological polar surface area (TPSA) is 51.1 Å². The molecule has 0 unspecified atom stereocenters. The van der Waals surface area contributed by atoms with Gasteiger partial charge in [-0.2, -0.15) is 0 Å².